The maximum absolute atomic E-state index is 13.3. The second kappa shape index (κ2) is 10.2. The monoisotopic (exact) mass is 390 g/mol. The van der Waals surface area contributed by atoms with Gasteiger partial charge in [0.15, 0.2) is 5.78 Å². The molecule has 1 unspecified atom stereocenters. The van der Waals surface area contributed by atoms with Gasteiger partial charge >= 0.3 is 0 Å². The van der Waals surface area contributed by atoms with Gasteiger partial charge in [0.05, 0.1) is 5.70 Å². The van der Waals surface area contributed by atoms with Crippen LogP contribution < -0.4 is 5.73 Å². The number of ketones is 1. The number of nitrogens with zero attached hydrogens (tertiary/aromatic N) is 1. The predicted octanol–water partition coefficient (Wildman–Crippen LogP) is 6.08. The molecule has 1 atom stereocenters. The van der Waals surface area contributed by atoms with Gasteiger partial charge in [-0.25, -0.2) is 0 Å². The first-order chi connectivity index (χ1) is 13.8. The van der Waals surface area contributed by atoms with E-state index in [1.807, 2.05) is 50.1 Å². The number of benzene rings is 1. The molecule has 0 aliphatic carbocycles. The van der Waals surface area contributed by atoms with Crippen LogP contribution in [0.2, 0.25) is 0 Å². The van der Waals surface area contributed by atoms with E-state index >= 15 is 0 Å². The van der Waals surface area contributed by atoms with Crippen LogP contribution in [0.15, 0.2) is 77.8 Å². The van der Waals surface area contributed by atoms with Crippen molar-refractivity contribution < 1.29 is 4.79 Å². The Hall–Kier alpha value is -2.65. The molecule has 1 heterocycles. The molecule has 0 aromatic heterocycles. The molecule has 1 aliphatic rings. The lowest BCUT2D eigenvalue weighted by Gasteiger charge is -2.31. The lowest BCUT2D eigenvalue weighted by Crippen LogP contribution is -2.26. The van der Waals surface area contributed by atoms with Crippen LogP contribution in [0.1, 0.15) is 64.0 Å². The first kappa shape index (κ1) is 22.6. The molecular weight excluding hydrogens is 356 g/mol. The van der Waals surface area contributed by atoms with Gasteiger partial charge in [-0.3, -0.25) is 4.79 Å². The molecule has 1 aromatic rings. The molecule has 3 heteroatoms. The first-order valence-corrected chi connectivity index (χ1v) is 10.3. The minimum atomic E-state index is 0.130. The number of hydrogen-bond donors (Lipinski definition) is 1. The number of allylic oxidation sites excluding steroid dienone is 5. The zero-order valence-corrected chi connectivity index (χ0v) is 18.3. The van der Waals surface area contributed by atoms with Crippen LogP contribution >= 0.6 is 0 Å². The largest absolute Gasteiger partial charge is 0.330 e. The molecule has 0 spiro atoms. The van der Waals surface area contributed by atoms with Crippen molar-refractivity contribution in [1.29, 1.82) is 0 Å². The summed E-state index contributed by atoms with van der Waals surface area (Å²) in [4.78, 5) is 15.2. The summed E-state index contributed by atoms with van der Waals surface area (Å²) in [6, 6.07) is 8.22. The average Bonchev–Trinajstić information content (AvgIpc) is 2.71. The Bertz CT molecular complexity index is 882. The third kappa shape index (κ3) is 5.45. The number of Topliss-reactive ketones (excluding diaryl/α,β-unsaturated/α-hetero) is 1. The smallest absolute Gasteiger partial charge is 0.179 e. The Balaban J connectivity index is 2.21. The van der Waals surface area contributed by atoms with Crippen LogP contribution in [0.4, 0.5) is 0 Å². The molecule has 0 bridgehead atoms. The Kier molecular flexibility index (Phi) is 7.98. The van der Waals surface area contributed by atoms with Crippen molar-refractivity contribution >= 4 is 11.9 Å². The molecule has 0 radical (unpaired) electrons. The van der Waals surface area contributed by atoms with Crippen molar-refractivity contribution in [2.45, 2.75) is 52.9 Å². The lowest BCUT2D eigenvalue weighted by molar-refractivity contribution is -0.116. The zero-order valence-electron chi connectivity index (χ0n) is 18.3. The Morgan fingerprint density at radius 3 is 2.62 bits per heavy atom. The molecule has 1 aliphatic heterocycles. The fraction of sp³-hybridized carbons (Fsp3) is 0.346. The van der Waals surface area contributed by atoms with E-state index in [0.29, 0.717) is 19.4 Å². The van der Waals surface area contributed by atoms with Crippen LogP contribution in [-0.2, 0) is 4.79 Å². The third-order valence-corrected chi connectivity index (χ3v) is 5.45. The van der Waals surface area contributed by atoms with E-state index in [4.69, 9.17) is 5.73 Å². The molecule has 0 saturated heterocycles. The standard InChI is InChI=1S/C26H34N2O/c1-7-21-10-9-11-23(15-21)24(16-27)12-13-25(29)26(18(3)4)28-17-22(8-2)14-19(5)20(28)6/h7,9-11,14-15,17,24H,1,6,8,12-13,16,27H2,2-5H3. The maximum Gasteiger partial charge on any atom is 0.179 e. The van der Waals surface area contributed by atoms with Crippen LogP contribution in [0.5, 0.6) is 0 Å². The van der Waals surface area contributed by atoms with Crippen LogP contribution in [0.25, 0.3) is 6.08 Å². The molecule has 3 nitrogen and oxygen atoms in total. The topological polar surface area (TPSA) is 46.3 Å². The fourth-order valence-electron chi connectivity index (χ4n) is 3.66. The molecule has 0 fully saturated rings. The summed E-state index contributed by atoms with van der Waals surface area (Å²) < 4.78 is 0. The normalized spacial score (nSPS) is 14.8. The van der Waals surface area contributed by atoms with Gasteiger partial charge in [0.2, 0.25) is 0 Å². The highest BCUT2D eigenvalue weighted by atomic mass is 16.1. The molecule has 1 aromatic carbocycles. The van der Waals surface area contributed by atoms with Gasteiger partial charge in [0.1, 0.15) is 0 Å². The first-order valence-electron chi connectivity index (χ1n) is 10.3. The third-order valence-electron chi connectivity index (χ3n) is 5.45. The van der Waals surface area contributed by atoms with E-state index in [1.54, 1.807) is 0 Å². The molecule has 154 valence electrons. The average molecular weight is 391 g/mol. The van der Waals surface area contributed by atoms with E-state index in [1.165, 1.54) is 5.57 Å². The summed E-state index contributed by atoms with van der Waals surface area (Å²) in [6.07, 6.45) is 8.10. The highest BCUT2D eigenvalue weighted by Gasteiger charge is 2.24. The van der Waals surface area contributed by atoms with Gasteiger partial charge in [-0.15, -0.1) is 0 Å². The fourth-order valence-corrected chi connectivity index (χ4v) is 3.66. The van der Waals surface area contributed by atoms with E-state index < -0.39 is 0 Å². The van der Waals surface area contributed by atoms with Crippen molar-refractivity contribution in [1.82, 2.24) is 4.90 Å². The Morgan fingerprint density at radius 1 is 1.31 bits per heavy atom. The van der Waals surface area contributed by atoms with Crippen LogP contribution in [0, 0.1) is 0 Å². The van der Waals surface area contributed by atoms with Crippen molar-refractivity contribution in [3.63, 3.8) is 0 Å². The number of carbonyl (C=O) groups is 1. The maximum atomic E-state index is 13.3. The van der Waals surface area contributed by atoms with Crippen LogP contribution in [-0.4, -0.2) is 17.2 Å². The van der Waals surface area contributed by atoms with Gasteiger partial charge in [0, 0.05) is 18.3 Å². The molecule has 2 N–H and O–H groups in total. The Labute approximate surface area is 176 Å². The lowest BCUT2D eigenvalue weighted by atomic mass is 9.91. The van der Waals surface area contributed by atoms with Gasteiger partial charge < -0.3 is 10.6 Å². The number of carbonyl (C=O) groups excluding carboxylic acids is 1. The number of nitrogens with two attached hydrogens (primary N) is 1. The van der Waals surface area contributed by atoms with Crippen molar-refractivity contribution in [2.24, 2.45) is 5.73 Å². The highest BCUT2D eigenvalue weighted by Crippen LogP contribution is 2.31. The van der Waals surface area contributed by atoms with Crippen molar-refractivity contribution in [3.8, 4) is 0 Å². The second-order valence-electron chi connectivity index (χ2n) is 7.82. The molecule has 0 saturated carbocycles. The molecular formula is C26H34N2O. The number of hydrogen-bond acceptors (Lipinski definition) is 3. The minimum Gasteiger partial charge on any atom is -0.330 e. The van der Waals surface area contributed by atoms with Gasteiger partial charge in [-0.2, -0.15) is 0 Å². The quantitative estimate of drug-likeness (QED) is 0.519. The molecule has 0 amide bonds. The summed E-state index contributed by atoms with van der Waals surface area (Å²) in [6.45, 7) is 16.7. The minimum absolute atomic E-state index is 0.130. The van der Waals surface area contributed by atoms with E-state index in [-0.39, 0.29) is 11.7 Å². The predicted molar refractivity (Wildman–Crippen MR) is 124 cm³/mol. The SMILES string of the molecule is C=Cc1cccc(C(CN)CCC(=O)C(=C(C)C)N2C=C(CC)C=C(C)C2=C)c1. The molecule has 29 heavy (non-hydrogen) atoms. The Morgan fingerprint density at radius 2 is 2.03 bits per heavy atom. The van der Waals surface area contributed by atoms with E-state index in [2.05, 4.69) is 38.3 Å². The zero-order chi connectivity index (χ0) is 21.6. The van der Waals surface area contributed by atoms with Gasteiger partial charge in [-0.1, -0.05) is 56.5 Å². The van der Waals surface area contributed by atoms with Gasteiger partial charge in [-0.05, 0) is 73.9 Å². The van der Waals surface area contributed by atoms with Crippen LogP contribution in [0.3, 0.4) is 0 Å². The van der Waals surface area contributed by atoms with Crippen molar-refractivity contribution in [2.75, 3.05) is 6.54 Å². The van der Waals surface area contributed by atoms with Crippen molar-refractivity contribution in [3.05, 3.63) is 88.9 Å². The summed E-state index contributed by atoms with van der Waals surface area (Å²) in [5, 5.41) is 0. The summed E-state index contributed by atoms with van der Waals surface area (Å²) in [5.41, 5.74) is 13.2. The summed E-state index contributed by atoms with van der Waals surface area (Å²) in [5.74, 6) is 0.274. The second-order valence-corrected chi connectivity index (χ2v) is 7.82. The summed E-state index contributed by atoms with van der Waals surface area (Å²) in [7, 11) is 0. The summed E-state index contributed by atoms with van der Waals surface area (Å²) >= 11 is 0. The van der Waals surface area contributed by atoms with E-state index in [9.17, 15) is 4.79 Å². The molecule has 2 rings (SSSR count). The number of rotatable bonds is 9. The van der Waals surface area contributed by atoms with E-state index in [0.717, 1.165) is 40.1 Å². The highest BCUT2D eigenvalue weighted by molar-refractivity contribution is 5.96. The van der Waals surface area contributed by atoms with Gasteiger partial charge in [0.25, 0.3) is 0 Å².